The maximum Gasteiger partial charge on any atom is 0.331 e. The number of ether oxygens (including phenoxy) is 2. The fourth-order valence-corrected chi connectivity index (χ4v) is 5.17. The number of rotatable bonds is 6. The number of Topliss-reactive ketones (excluding diaryl/α,β-unsaturated/α-hetero) is 1. The van der Waals surface area contributed by atoms with Crippen LogP contribution in [0.5, 0.6) is 0 Å². The molecule has 8 nitrogen and oxygen atoms in total. The summed E-state index contributed by atoms with van der Waals surface area (Å²) < 4.78 is 38.2. The Bertz CT molecular complexity index is 1120. The minimum absolute atomic E-state index is 0.0325. The first-order valence-electron chi connectivity index (χ1n) is 10.3. The Hall–Kier alpha value is -3.20. The van der Waals surface area contributed by atoms with E-state index in [9.17, 15) is 22.8 Å². The molecule has 0 spiro atoms. The van der Waals surface area contributed by atoms with Crippen LogP contribution >= 0.6 is 0 Å². The Morgan fingerprint density at radius 2 is 1.53 bits per heavy atom. The third-order valence-corrected chi connectivity index (χ3v) is 7.18. The van der Waals surface area contributed by atoms with Crippen LogP contribution in [0.15, 0.2) is 53.4 Å². The Kier molecular flexibility index (Phi) is 6.68. The van der Waals surface area contributed by atoms with E-state index in [0.29, 0.717) is 0 Å². The number of nitrogens with zero attached hydrogens (tertiary/aromatic N) is 1. The molecular weight excluding hydrogens is 434 g/mol. The van der Waals surface area contributed by atoms with E-state index in [2.05, 4.69) is 0 Å². The van der Waals surface area contributed by atoms with E-state index in [1.54, 1.807) is 38.1 Å². The van der Waals surface area contributed by atoms with E-state index in [4.69, 9.17) is 9.47 Å². The Balaban J connectivity index is 2.20. The lowest BCUT2D eigenvalue weighted by Crippen LogP contribution is -2.49. The van der Waals surface area contributed by atoms with Crippen molar-refractivity contribution in [2.45, 2.75) is 32.1 Å². The maximum absolute atomic E-state index is 13.6. The second kappa shape index (κ2) is 9.12. The van der Waals surface area contributed by atoms with Gasteiger partial charge in [0, 0.05) is 18.5 Å². The van der Waals surface area contributed by atoms with Gasteiger partial charge in [-0.05, 0) is 45.0 Å². The van der Waals surface area contributed by atoms with Crippen molar-refractivity contribution in [2.75, 3.05) is 24.1 Å². The van der Waals surface area contributed by atoms with E-state index >= 15 is 0 Å². The number of carbonyl (C=O) groups excluding carboxylic acids is 3. The number of anilines is 1. The molecule has 2 aromatic carbocycles. The topological polar surface area (TPSA) is 107 Å². The molecule has 1 aliphatic heterocycles. The van der Waals surface area contributed by atoms with Gasteiger partial charge in [0.2, 0.25) is 5.41 Å². The molecule has 0 atom stereocenters. The molecule has 170 valence electrons. The van der Waals surface area contributed by atoms with Crippen LogP contribution in [-0.2, 0) is 29.1 Å². The second-order valence-corrected chi connectivity index (χ2v) is 9.20. The zero-order valence-corrected chi connectivity index (χ0v) is 19.0. The molecule has 0 fully saturated rings. The van der Waals surface area contributed by atoms with Gasteiger partial charge in [-0.25, -0.2) is 8.42 Å². The Morgan fingerprint density at radius 3 is 2.09 bits per heavy atom. The number of hydrogen-bond donors (Lipinski definition) is 0. The van der Waals surface area contributed by atoms with Gasteiger partial charge in [0.15, 0.2) is 5.78 Å². The van der Waals surface area contributed by atoms with E-state index in [1.165, 1.54) is 24.3 Å². The smallest absolute Gasteiger partial charge is 0.331 e. The van der Waals surface area contributed by atoms with Crippen LogP contribution < -0.4 is 4.31 Å². The molecule has 2 aromatic rings. The quantitative estimate of drug-likeness (QED) is 0.483. The normalized spacial score (nSPS) is 15.5. The van der Waals surface area contributed by atoms with Crippen LogP contribution in [0.3, 0.4) is 0 Å². The molecule has 0 unspecified atom stereocenters. The van der Waals surface area contributed by atoms with Crippen molar-refractivity contribution in [3.63, 3.8) is 0 Å². The van der Waals surface area contributed by atoms with Gasteiger partial charge < -0.3 is 9.47 Å². The molecule has 0 amide bonds. The number of hydrogen-bond acceptors (Lipinski definition) is 7. The third kappa shape index (κ3) is 3.88. The summed E-state index contributed by atoms with van der Waals surface area (Å²) in [6.07, 6.45) is -0.413. The van der Waals surface area contributed by atoms with Crippen LogP contribution in [0.4, 0.5) is 5.69 Å². The molecule has 1 aliphatic rings. The second-order valence-electron chi connectivity index (χ2n) is 7.33. The number of para-hydroxylation sites is 1. The van der Waals surface area contributed by atoms with Crippen LogP contribution in [0.2, 0.25) is 0 Å². The highest BCUT2D eigenvalue weighted by Crippen LogP contribution is 2.40. The average molecular weight is 460 g/mol. The Labute approximate surface area is 187 Å². The molecule has 0 saturated carbocycles. The fraction of sp³-hybridized carbons (Fsp3) is 0.348. The van der Waals surface area contributed by atoms with Gasteiger partial charge in [-0.1, -0.05) is 29.8 Å². The maximum atomic E-state index is 13.6. The van der Waals surface area contributed by atoms with Crippen molar-refractivity contribution < 1.29 is 32.3 Å². The molecule has 0 aromatic heterocycles. The van der Waals surface area contributed by atoms with Gasteiger partial charge in [0.1, 0.15) is 0 Å². The molecule has 1 heterocycles. The zero-order chi connectivity index (χ0) is 23.5. The zero-order valence-electron chi connectivity index (χ0n) is 18.2. The van der Waals surface area contributed by atoms with E-state index < -0.39 is 39.6 Å². The highest BCUT2D eigenvalue weighted by Gasteiger charge is 2.58. The number of sulfonamides is 1. The lowest BCUT2D eigenvalue weighted by molar-refractivity contribution is -0.167. The fourth-order valence-electron chi connectivity index (χ4n) is 3.68. The van der Waals surface area contributed by atoms with Gasteiger partial charge >= 0.3 is 11.9 Å². The number of aryl methyl sites for hydroxylation is 1. The summed E-state index contributed by atoms with van der Waals surface area (Å²) in [6, 6.07) is 12.3. The molecule has 32 heavy (non-hydrogen) atoms. The number of carbonyl (C=O) groups is 3. The number of fused-ring (bicyclic) bond motifs is 1. The Morgan fingerprint density at radius 1 is 0.969 bits per heavy atom. The first kappa shape index (κ1) is 23.5. The van der Waals surface area contributed by atoms with E-state index in [1.807, 2.05) is 6.92 Å². The monoisotopic (exact) mass is 459 g/mol. The molecular formula is C23H25NO7S. The first-order valence-corrected chi connectivity index (χ1v) is 11.7. The predicted octanol–water partition coefficient (Wildman–Crippen LogP) is 2.89. The van der Waals surface area contributed by atoms with Gasteiger partial charge in [-0.15, -0.1) is 0 Å². The van der Waals surface area contributed by atoms with Crippen LogP contribution in [0.1, 0.15) is 36.2 Å². The van der Waals surface area contributed by atoms with Crippen molar-refractivity contribution in [1.82, 2.24) is 0 Å². The largest absolute Gasteiger partial charge is 0.465 e. The standard InChI is InChI=1S/C23H25NO7S/c1-4-30-21(26)23(22(27)31-5-2)14-15-24(19-9-7-6-8-18(19)20(23)25)32(28,29)17-12-10-16(3)11-13-17/h6-13H,4-5,14-15H2,1-3H3. The number of benzene rings is 2. The van der Waals surface area contributed by atoms with Gasteiger partial charge in [-0.3, -0.25) is 18.7 Å². The van der Waals surface area contributed by atoms with Crippen LogP contribution in [-0.4, -0.2) is 45.9 Å². The van der Waals surface area contributed by atoms with Crippen molar-refractivity contribution in [2.24, 2.45) is 5.41 Å². The van der Waals surface area contributed by atoms with Crippen molar-refractivity contribution >= 4 is 33.4 Å². The summed E-state index contributed by atoms with van der Waals surface area (Å²) in [7, 11) is -4.09. The minimum Gasteiger partial charge on any atom is -0.465 e. The number of ketones is 1. The highest BCUT2D eigenvalue weighted by molar-refractivity contribution is 7.92. The summed E-state index contributed by atoms with van der Waals surface area (Å²) in [4.78, 5) is 39.6. The lowest BCUT2D eigenvalue weighted by atomic mass is 9.77. The molecule has 9 heteroatoms. The molecule has 0 radical (unpaired) electrons. The molecule has 3 rings (SSSR count). The van der Waals surface area contributed by atoms with Gasteiger partial charge in [-0.2, -0.15) is 0 Å². The third-order valence-electron chi connectivity index (χ3n) is 5.35. The number of esters is 2. The molecule has 0 N–H and O–H groups in total. The van der Waals surface area contributed by atoms with Gasteiger partial charge in [0.05, 0.1) is 23.8 Å². The SMILES string of the molecule is CCOC(=O)C1(C(=O)OCC)CCN(S(=O)(=O)c2ccc(C)cc2)c2ccccc2C1=O. The van der Waals surface area contributed by atoms with Gasteiger partial charge in [0.25, 0.3) is 10.0 Å². The van der Waals surface area contributed by atoms with Crippen molar-refractivity contribution in [1.29, 1.82) is 0 Å². The summed E-state index contributed by atoms with van der Waals surface area (Å²) in [5.41, 5.74) is -1.38. The minimum atomic E-state index is -4.09. The summed E-state index contributed by atoms with van der Waals surface area (Å²) in [5.74, 6) is -2.94. The average Bonchev–Trinajstić information content (AvgIpc) is 2.90. The van der Waals surface area contributed by atoms with E-state index in [0.717, 1.165) is 9.87 Å². The van der Waals surface area contributed by atoms with E-state index in [-0.39, 0.29) is 35.9 Å². The highest BCUT2D eigenvalue weighted by atomic mass is 32.2. The molecule has 0 saturated heterocycles. The van der Waals surface area contributed by atoms with Crippen molar-refractivity contribution in [3.05, 3.63) is 59.7 Å². The first-order chi connectivity index (χ1) is 15.2. The molecule has 0 aliphatic carbocycles. The molecule has 0 bridgehead atoms. The summed E-state index contributed by atoms with van der Waals surface area (Å²) in [5, 5.41) is 0. The van der Waals surface area contributed by atoms with Crippen LogP contribution in [0, 0.1) is 12.3 Å². The van der Waals surface area contributed by atoms with Crippen LogP contribution in [0.25, 0.3) is 0 Å². The summed E-state index contributed by atoms with van der Waals surface area (Å²) in [6.45, 7) is 4.54. The summed E-state index contributed by atoms with van der Waals surface area (Å²) >= 11 is 0. The van der Waals surface area contributed by atoms with Crippen molar-refractivity contribution in [3.8, 4) is 0 Å². The lowest BCUT2D eigenvalue weighted by Gasteiger charge is -2.27. The predicted molar refractivity (Wildman–Crippen MR) is 117 cm³/mol.